The maximum absolute atomic E-state index is 5.39. The second kappa shape index (κ2) is 5.07. The van der Waals surface area contributed by atoms with Crippen LogP contribution >= 0.6 is 11.5 Å². The summed E-state index contributed by atoms with van der Waals surface area (Å²) in [5.74, 6) is 5.39. The van der Waals surface area contributed by atoms with Gasteiger partial charge in [-0.1, -0.05) is 25.3 Å². The summed E-state index contributed by atoms with van der Waals surface area (Å²) in [5, 5.41) is 4.92. The van der Waals surface area contributed by atoms with Gasteiger partial charge >= 0.3 is 0 Å². The highest BCUT2D eigenvalue weighted by Gasteiger charge is 2.24. The SMILES string of the molecule is CC(N(C)Cc1nnsc1NN)C(C)(C)C. The number of hydrogen-bond acceptors (Lipinski definition) is 6. The zero-order chi connectivity index (χ0) is 12.3. The number of aromatic nitrogens is 2. The third kappa shape index (κ3) is 3.13. The first-order valence-electron chi connectivity index (χ1n) is 5.34. The zero-order valence-corrected chi connectivity index (χ0v) is 11.4. The highest BCUT2D eigenvalue weighted by Crippen LogP contribution is 2.25. The van der Waals surface area contributed by atoms with Crippen LogP contribution in [0.25, 0.3) is 0 Å². The molecule has 1 heterocycles. The van der Waals surface area contributed by atoms with Crippen LogP contribution < -0.4 is 11.3 Å². The molecular formula is C10H21N5S. The van der Waals surface area contributed by atoms with Crippen LogP contribution in [0, 0.1) is 5.41 Å². The van der Waals surface area contributed by atoms with Crippen molar-refractivity contribution in [2.45, 2.75) is 40.3 Å². The predicted octanol–water partition coefficient (Wildman–Crippen LogP) is 1.69. The molecule has 16 heavy (non-hydrogen) atoms. The van der Waals surface area contributed by atoms with Crippen LogP contribution in [0.15, 0.2) is 0 Å². The summed E-state index contributed by atoms with van der Waals surface area (Å²) in [5.41, 5.74) is 3.78. The molecule has 3 N–H and O–H groups in total. The van der Waals surface area contributed by atoms with Gasteiger partial charge in [-0.2, -0.15) is 0 Å². The molecule has 0 aliphatic carbocycles. The summed E-state index contributed by atoms with van der Waals surface area (Å²) in [6.07, 6.45) is 0. The first-order chi connectivity index (χ1) is 7.36. The van der Waals surface area contributed by atoms with Gasteiger partial charge in [0.1, 0.15) is 10.7 Å². The van der Waals surface area contributed by atoms with E-state index >= 15 is 0 Å². The highest BCUT2D eigenvalue weighted by atomic mass is 32.1. The number of nitrogen functional groups attached to an aromatic ring is 1. The minimum atomic E-state index is 0.245. The Balaban J connectivity index is 2.68. The van der Waals surface area contributed by atoms with E-state index in [1.165, 1.54) is 11.5 Å². The van der Waals surface area contributed by atoms with E-state index in [-0.39, 0.29) is 5.41 Å². The van der Waals surface area contributed by atoms with Gasteiger partial charge in [0.25, 0.3) is 0 Å². The van der Waals surface area contributed by atoms with E-state index in [0.29, 0.717) is 6.04 Å². The first kappa shape index (κ1) is 13.3. The van der Waals surface area contributed by atoms with Gasteiger partial charge in [0.2, 0.25) is 0 Å². The molecule has 0 aromatic carbocycles. The average Bonchev–Trinajstić information content (AvgIpc) is 2.62. The Morgan fingerprint density at radius 2 is 2.12 bits per heavy atom. The number of nitrogens with one attached hydrogen (secondary N) is 1. The second-order valence-corrected chi connectivity index (χ2v) is 5.90. The molecule has 0 radical (unpaired) electrons. The molecule has 1 aromatic heterocycles. The first-order valence-corrected chi connectivity index (χ1v) is 6.11. The number of hydrogen-bond donors (Lipinski definition) is 2. The Morgan fingerprint density at radius 3 is 2.62 bits per heavy atom. The van der Waals surface area contributed by atoms with Crippen molar-refractivity contribution in [2.24, 2.45) is 11.3 Å². The molecule has 0 fully saturated rings. The van der Waals surface area contributed by atoms with Crippen molar-refractivity contribution in [1.82, 2.24) is 14.5 Å². The smallest absolute Gasteiger partial charge is 0.148 e. The molecular weight excluding hydrogens is 222 g/mol. The van der Waals surface area contributed by atoms with Gasteiger partial charge in [0.05, 0.1) is 0 Å². The van der Waals surface area contributed by atoms with Crippen molar-refractivity contribution in [1.29, 1.82) is 0 Å². The van der Waals surface area contributed by atoms with Crippen molar-refractivity contribution in [3.63, 3.8) is 0 Å². The largest absolute Gasteiger partial charge is 0.313 e. The van der Waals surface area contributed by atoms with Crippen molar-refractivity contribution in [2.75, 3.05) is 12.5 Å². The molecule has 5 nitrogen and oxygen atoms in total. The minimum absolute atomic E-state index is 0.245. The monoisotopic (exact) mass is 243 g/mol. The molecule has 1 atom stereocenters. The number of nitrogens with zero attached hydrogens (tertiary/aromatic N) is 3. The van der Waals surface area contributed by atoms with Gasteiger partial charge in [-0.25, -0.2) is 5.84 Å². The van der Waals surface area contributed by atoms with E-state index in [1.807, 2.05) is 0 Å². The Morgan fingerprint density at radius 1 is 1.50 bits per heavy atom. The van der Waals surface area contributed by atoms with Crippen molar-refractivity contribution in [3.8, 4) is 0 Å². The molecule has 0 saturated heterocycles. The van der Waals surface area contributed by atoms with E-state index < -0.39 is 0 Å². The summed E-state index contributed by atoms with van der Waals surface area (Å²) in [6.45, 7) is 9.67. The Kier molecular flexibility index (Phi) is 4.23. The van der Waals surface area contributed by atoms with Crippen molar-refractivity contribution in [3.05, 3.63) is 5.69 Å². The van der Waals surface area contributed by atoms with E-state index in [9.17, 15) is 0 Å². The number of nitrogens with two attached hydrogens (primary N) is 1. The van der Waals surface area contributed by atoms with E-state index in [2.05, 4.69) is 54.7 Å². The van der Waals surface area contributed by atoms with Crippen LogP contribution in [0.3, 0.4) is 0 Å². The maximum Gasteiger partial charge on any atom is 0.148 e. The molecule has 0 spiro atoms. The standard InChI is InChI=1S/C10H21N5S/c1-7(10(2,3)4)15(5)6-8-9(12-11)16-14-13-8/h7,12H,6,11H2,1-5H3. The zero-order valence-electron chi connectivity index (χ0n) is 10.6. The van der Waals surface area contributed by atoms with Crippen LogP contribution in [-0.2, 0) is 6.54 Å². The van der Waals surface area contributed by atoms with Crippen LogP contribution in [0.2, 0.25) is 0 Å². The van der Waals surface area contributed by atoms with Crippen LogP contribution in [0.5, 0.6) is 0 Å². The van der Waals surface area contributed by atoms with Gasteiger partial charge in [0.15, 0.2) is 0 Å². The van der Waals surface area contributed by atoms with E-state index in [0.717, 1.165) is 17.2 Å². The summed E-state index contributed by atoms with van der Waals surface area (Å²) >= 11 is 1.29. The summed E-state index contributed by atoms with van der Waals surface area (Å²) in [6, 6.07) is 0.458. The van der Waals surface area contributed by atoms with Crippen molar-refractivity contribution < 1.29 is 0 Å². The summed E-state index contributed by atoms with van der Waals surface area (Å²) < 4.78 is 3.89. The minimum Gasteiger partial charge on any atom is -0.313 e. The Hall–Kier alpha value is -0.720. The summed E-state index contributed by atoms with van der Waals surface area (Å²) in [7, 11) is 2.09. The predicted molar refractivity (Wildman–Crippen MR) is 68.1 cm³/mol. The topological polar surface area (TPSA) is 67.1 Å². The molecule has 1 unspecified atom stereocenters. The lowest BCUT2D eigenvalue weighted by Gasteiger charge is -2.35. The number of rotatable bonds is 4. The lowest BCUT2D eigenvalue weighted by atomic mass is 9.87. The molecule has 0 aliphatic heterocycles. The molecule has 6 heteroatoms. The number of hydrazine groups is 1. The molecule has 1 aromatic rings. The molecule has 0 bridgehead atoms. The third-order valence-electron chi connectivity index (χ3n) is 3.00. The van der Waals surface area contributed by atoms with Gasteiger partial charge in [0, 0.05) is 24.1 Å². The van der Waals surface area contributed by atoms with Crippen LogP contribution in [0.1, 0.15) is 33.4 Å². The molecule has 0 saturated carbocycles. The molecule has 1 rings (SSSR count). The van der Waals surface area contributed by atoms with Gasteiger partial charge < -0.3 is 5.43 Å². The van der Waals surface area contributed by atoms with Gasteiger partial charge in [-0.3, -0.25) is 4.90 Å². The lowest BCUT2D eigenvalue weighted by Crippen LogP contribution is -2.39. The summed E-state index contributed by atoms with van der Waals surface area (Å²) in [4.78, 5) is 2.26. The van der Waals surface area contributed by atoms with E-state index in [1.54, 1.807) is 0 Å². The van der Waals surface area contributed by atoms with Gasteiger partial charge in [-0.15, -0.1) is 5.10 Å². The Bertz CT molecular complexity index is 330. The fourth-order valence-corrected chi connectivity index (χ4v) is 1.94. The average molecular weight is 243 g/mol. The second-order valence-electron chi connectivity index (χ2n) is 5.15. The maximum atomic E-state index is 5.39. The fourth-order valence-electron chi connectivity index (χ4n) is 1.46. The van der Waals surface area contributed by atoms with Crippen LogP contribution in [0.4, 0.5) is 5.00 Å². The van der Waals surface area contributed by atoms with Crippen molar-refractivity contribution >= 4 is 16.5 Å². The molecule has 0 amide bonds. The number of anilines is 1. The molecule has 0 aliphatic rings. The Labute approximate surface area is 101 Å². The normalized spacial score (nSPS) is 14.2. The molecule has 92 valence electrons. The van der Waals surface area contributed by atoms with Crippen LogP contribution in [-0.4, -0.2) is 27.6 Å². The fraction of sp³-hybridized carbons (Fsp3) is 0.800. The highest BCUT2D eigenvalue weighted by molar-refractivity contribution is 7.10. The third-order valence-corrected chi connectivity index (χ3v) is 3.70. The van der Waals surface area contributed by atoms with Gasteiger partial charge in [-0.05, 0) is 19.4 Å². The lowest BCUT2D eigenvalue weighted by molar-refractivity contribution is 0.133. The van der Waals surface area contributed by atoms with E-state index in [4.69, 9.17) is 5.84 Å². The quantitative estimate of drug-likeness (QED) is 0.622.